The number of hydrogen-bond acceptors (Lipinski definition) is 5. The van der Waals surface area contributed by atoms with E-state index < -0.39 is 5.63 Å². The van der Waals surface area contributed by atoms with E-state index in [4.69, 9.17) is 37.1 Å². The first-order chi connectivity index (χ1) is 14.4. The van der Waals surface area contributed by atoms with Crippen molar-refractivity contribution in [2.75, 3.05) is 6.61 Å². The molecular formula is C23H22Cl2O5. The molecule has 0 bridgehead atoms. The van der Waals surface area contributed by atoms with Crippen molar-refractivity contribution in [2.24, 2.45) is 0 Å². The monoisotopic (exact) mass is 448 g/mol. The third kappa shape index (κ3) is 5.55. The van der Waals surface area contributed by atoms with Crippen LogP contribution in [-0.2, 0) is 22.6 Å². The highest BCUT2D eigenvalue weighted by Gasteiger charge is 2.13. The van der Waals surface area contributed by atoms with Crippen LogP contribution in [0.3, 0.4) is 0 Å². The van der Waals surface area contributed by atoms with Gasteiger partial charge in [-0.1, -0.05) is 36.2 Å². The van der Waals surface area contributed by atoms with Crippen molar-refractivity contribution in [3.63, 3.8) is 0 Å². The van der Waals surface area contributed by atoms with E-state index in [0.29, 0.717) is 34.4 Å². The minimum atomic E-state index is -0.425. The highest BCUT2D eigenvalue weighted by Crippen LogP contribution is 2.30. The zero-order valence-corrected chi connectivity index (χ0v) is 18.3. The number of hydrogen-bond donors (Lipinski definition) is 0. The number of carbonyl (C=O) groups excluding carboxylic acids is 1. The first kappa shape index (κ1) is 22.2. The van der Waals surface area contributed by atoms with Crippen LogP contribution in [0.5, 0.6) is 5.75 Å². The van der Waals surface area contributed by atoms with Crippen LogP contribution in [0, 0.1) is 6.92 Å². The molecule has 30 heavy (non-hydrogen) atoms. The molecule has 0 radical (unpaired) electrons. The first-order valence-electron chi connectivity index (χ1n) is 9.67. The molecule has 7 heteroatoms. The second-order valence-electron chi connectivity index (χ2n) is 6.96. The SMILES string of the molecule is CCCOC(=O)CCc1cc2c(C)cc(=O)oc2cc1OCc1ccc(Cl)c(Cl)c1. The number of ether oxygens (including phenoxy) is 2. The van der Waals surface area contributed by atoms with E-state index in [0.717, 1.165) is 28.5 Å². The van der Waals surface area contributed by atoms with Gasteiger partial charge in [0, 0.05) is 23.9 Å². The molecule has 0 fully saturated rings. The lowest BCUT2D eigenvalue weighted by atomic mass is 10.0. The van der Waals surface area contributed by atoms with Gasteiger partial charge in [0.1, 0.15) is 17.9 Å². The molecule has 158 valence electrons. The predicted molar refractivity (Wildman–Crippen MR) is 118 cm³/mol. The van der Waals surface area contributed by atoms with E-state index in [-0.39, 0.29) is 19.0 Å². The fraction of sp³-hybridized carbons (Fsp3) is 0.304. The van der Waals surface area contributed by atoms with E-state index in [9.17, 15) is 9.59 Å². The second-order valence-corrected chi connectivity index (χ2v) is 7.78. The Morgan fingerprint density at radius 2 is 1.90 bits per heavy atom. The Labute approximate surface area is 184 Å². The molecule has 3 rings (SSSR count). The zero-order valence-electron chi connectivity index (χ0n) is 16.8. The lowest BCUT2D eigenvalue weighted by molar-refractivity contribution is -0.143. The number of esters is 1. The summed E-state index contributed by atoms with van der Waals surface area (Å²) in [4.78, 5) is 23.7. The van der Waals surface area contributed by atoms with E-state index in [1.807, 2.05) is 26.0 Å². The average molecular weight is 449 g/mol. The molecule has 0 aliphatic carbocycles. The highest BCUT2D eigenvalue weighted by molar-refractivity contribution is 6.42. The molecule has 2 aromatic carbocycles. The van der Waals surface area contributed by atoms with Crippen molar-refractivity contribution in [3.05, 3.63) is 73.6 Å². The lowest BCUT2D eigenvalue weighted by Crippen LogP contribution is -2.08. The van der Waals surface area contributed by atoms with Gasteiger partial charge in [0.15, 0.2) is 0 Å². The Hall–Kier alpha value is -2.50. The van der Waals surface area contributed by atoms with E-state index in [2.05, 4.69) is 0 Å². The minimum Gasteiger partial charge on any atom is -0.488 e. The standard InChI is InChI=1S/C23H22Cl2O5/c1-3-8-28-22(26)7-5-16-11-17-14(2)9-23(27)30-21(17)12-20(16)29-13-15-4-6-18(24)19(25)10-15/h4,6,9-12H,3,5,7-8,13H2,1-2H3. The zero-order chi connectivity index (χ0) is 21.7. The highest BCUT2D eigenvalue weighted by atomic mass is 35.5. The maximum atomic E-state index is 12.0. The minimum absolute atomic E-state index is 0.227. The maximum absolute atomic E-state index is 12.0. The summed E-state index contributed by atoms with van der Waals surface area (Å²) in [6.07, 6.45) is 1.44. The largest absolute Gasteiger partial charge is 0.488 e. The van der Waals surface area contributed by atoms with Crippen molar-refractivity contribution in [1.29, 1.82) is 0 Å². The number of halogens is 2. The summed E-state index contributed by atoms with van der Waals surface area (Å²) < 4.78 is 16.5. The van der Waals surface area contributed by atoms with Crippen molar-refractivity contribution in [1.82, 2.24) is 0 Å². The third-order valence-electron chi connectivity index (χ3n) is 4.58. The van der Waals surface area contributed by atoms with Crippen LogP contribution in [0.4, 0.5) is 0 Å². The molecule has 0 spiro atoms. The van der Waals surface area contributed by atoms with Gasteiger partial charge >= 0.3 is 11.6 Å². The van der Waals surface area contributed by atoms with Gasteiger partial charge in [0.05, 0.1) is 16.7 Å². The van der Waals surface area contributed by atoms with Crippen LogP contribution in [0.25, 0.3) is 11.0 Å². The van der Waals surface area contributed by atoms with Crippen molar-refractivity contribution in [2.45, 2.75) is 39.7 Å². The van der Waals surface area contributed by atoms with Crippen LogP contribution in [0.1, 0.15) is 36.5 Å². The van der Waals surface area contributed by atoms with Gasteiger partial charge < -0.3 is 13.9 Å². The number of carbonyl (C=O) groups is 1. The van der Waals surface area contributed by atoms with Gasteiger partial charge in [-0.05, 0) is 54.7 Å². The number of aryl methyl sites for hydroxylation is 2. The molecule has 1 heterocycles. The summed E-state index contributed by atoms with van der Waals surface area (Å²) in [6, 6.07) is 10.3. The number of fused-ring (bicyclic) bond motifs is 1. The van der Waals surface area contributed by atoms with Gasteiger partial charge in [-0.3, -0.25) is 4.79 Å². The van der Waals surface area contributed by atoms with Crippen LogP contribution in [-0.4, -0.2) is 12.6 Å². The summed E-state index contributed by atoms with van der Waals surface area (Å²) in [5.41, 5.74) is 2.47. The van der Waals surface area contributed by atoms with Crippen molar-refractivity contribution >= 4 is 40.1 Å². The Kier molecular flexibility index (Phi) is 7.40. The molecule has 1 aromatic heterocycles. The summed E-state index contributed by atoms with van der Waals surface area (Å²) in [5, 5.41) is 1.71. The summed E-state index contributed by atoms with van der Waals surface area (Å²) >= 11 is 12.0. The second kappa shape index (κ2) is 10.0. The number of rotatable bonds is 8. The average Bonchev–Trinajstić information content (AvgIpc) is 2.71. The molecule has 0 aliphatic heterocycles. The summed E-state index contributed by atoms with van der Waals surface area (Å²) in [6.45, 7) is 4.43. The molecule has 0 unspecified atom stereocenters. The normalized spacial score (nSPS) is 10.9. The Bertz CT molecular complexity index is 1120. The van der Waals surface area contributed by atoms with Crippen LogP contribution in [0.2, 0.25) is 10.0 Å². The molecule has 5 nitrogen and oxygen atoms in total. The van der Waals surface area contributed by atoms with Crippen molar-refractivity contribution in [3.8, 4) is 5.75 Å². The molecule has 3 aromatic rings. The molecule has 0 amide bonds. The molecule has 0 atom stereocenters. The van der Waals surface area contributed by atoms with Gasteiger partial charge in [0.2, 0.25) is 0 Å². The third-order valence-corrected chi connectivity index (χ3v) is 5.32. The maximum Gasteiger partial charge on any atom is 0.336 e. The predicted octanol–water partition coefficient (Wildman–Crippen LogP) is 5.87. The first-order valence-corrected chi connectivity index (χ1v) is 10.4. The topological polar surface area (TPSA) is 65.7 Å². The summed E-state index contributed by atoms with van der Waals surface area (Å²) in [5.74, 6) is 0.273. The molecule has 0 saturated carbocycles. The lowest BCUT2D eigenvalue weighted by Gasteiger charge is -2.14. The fourth-order valence-corrected chi connectivity index (χ4v) is 3.36. The molecule has 0 saturated heterocycles. The van der Waals surface area contributed by atoms with Gasteiger partial charge in [-0.2, -0.15) is 0 Å². The van der Waals surface area contributed by atoms with Gasteiger partial charge in [0.25, 0.3) is 0 Å². The van der Waals surface area contributed by atoms with Crippen molar-refractivity contribution < 1.29 is 18.7 Å². The smallest absolute Gasteiger partial charge is 0.336 e. The number of benzene rings is 2. The Morgan fingerprint density at radius 1 is 1.10 bits per heavy atom. The van der Waals surface area contributed by atoms with E-state index >= 15 is 0 Å². The van der Waals surface area contributed by atoms with Crippen LogP contribution >= 0.6 is 23.2 Å². The molecule has 0 aliphatic rings. The Morgan fingerprint density at radius 3 is 2.63 bits per heavy atom. The van der Waals surface area contributed by atoms with Gasteiger partial charge in [-0.15, -0.1) is 0 Å². The van der Waals surface area contributed by atoms with Crippen LogP contribution < -0.4 is 10.4 Å². The quantitative estimate of drug-likeness (QED) is 0.318. The van der Waals surface area contributed by atoms with Gasteiger partial charge in [-0.25, -0.2) is 4.79 Å². The fourth-order valence-electron chi connectivity index (χ4n) is 3.04. The van der Waals surface area contributed by atoms with E-state index in [1.54, 1.807) is 18.2 Å². The summed E-state index contributed by atoms with van der Waals surface area (Å²) in [7, 11) is 0. The Balaban J connectivity index is 1.89. The van der Waals surface area contributed by atoms with Crippen LogP contribution in [0.15, 0.2) is 45.6 Å². The molecule has 0 N–H and O–H groups in total. The molecular weight excluding hydrogens is 427 g/mol. The van der Waals surface area contributed by atoms with E-state index in [1.165, 1.54) is 6.07 Å².